The van der Waals surface area contributed by atoms with Gasteiger partial charge < -0.3 is 0 Å². The van der Waals surface area contributed by atoms with Crippen LogP contribution >= 0.6 is 0 Å². The van der Waals surface area contributed by atoms with Crippen LogP contribution in [0, 0.1) is 6.92 Å². The van der Waals surface area contributed by atoms with Crippen LogP contribution in [-0.2, 0) is 21.1 Å². The molecule has 100 valence electrons. The van der Waals surface area contributed by atoms with Crippen molar-refractivity contribution in [2.24, 2.45) is 0 Å². The van der Waals surface area contributed by atoms with E-state index in [0.29, 0.717) is 19.3 Å². The molecule has 0 spiro atoms. The smallest absolute Gasteiger partial charge is 0.147 e. The molecule has 0 N–H and O–H groups in total. The summed E-state index contributed by atoms with van der Waals surface area (Å²) >= 11 is 0. The van der Waals surface area contributed by atoms with Gasteiger partial charge in [-0.2, -0.15) is 0 Å². The maximum Gasteiger partial charge on any atom is 0.147 e. The molecule has 18 heavy (non-hydrogen) atoms. The van der Waals surface area contributed by atoms with Gasteiger partial charge in [-0.25, -0.2) is 8.42 Å². The molecule has 0 heterocycles. The van der Waals surface area contributed by atoms with E-state index in [9.17, 15) is 13.2 Å². The van der Waals surface area contributed by atoms with E-state index in [-0.39, 0.29) is 11.5 Å². The zero-order valence-electron chi connectivity index (χ0n) is 11.0. The van der Waals surface area contributed by atoms with Crippen molar-refractivity contribution in [2.45, 2.75) is 32.6 Å². The summed E-state index contributed by atoms with van der Waals surface area (Å²) in [5.41, 5.74) is 2.38. The lowest BCUT2D eigenvalue weighted by atomic mass is 10.0. The highest BCUT2D eigenvalue weighted by atomic mass is 32.2. The number of Topliss-reactive ketones (excluding diaryl/α,β-unsaturated/α-hetero) is 1. The van der Waals surface area contributed by atoms with E-state index in [1.165, 1.54) is 17.4 Å². The van der Waals surface area contributed by atoms with Crippen molar-refractivity contribution < 1.29 is 13.2 Å². The molecule has 1 aromatic rings. The predicted octanol–water partition coefficient (Wildman–Crippen LogP) is 2.32. The monoisotopic (exact) mass is 268 g/mol. The first-order valence-corrected chi connectivity index (χ1v) is 8.18. The fraction of sp³-hybridized carbons (Fsp3) is 0.500. The molecule has 0 aromatic heterocycles. The van der Waals surface area contributed by atoms with Gasteiger partial charge in [-0.1, -0.05) is 24.3 Å². The molecule has 1 aromatic carbocycles. The number of carbonyl (C=O) groups excluding carboxylic acids is 1. The largest absolute Gasteiger partial charge is 0.300 e. The Kier molecular flexibility index (Phi) is 5.54. The Hall–Kier alpha value is -1.16. The van der Waals surface area contributed by atoms with Crippen LogP contribution in [-0.4, -0.2) is 26.2 Å². The Morgan fingerprint density at radius 2 is 1.83 bits per heavy atom. The Balaban J connectivity index is 2.32. The molecule has 0 aliphatic heterocycles. The summed E-state index contributed by atoms with van der Waals surface area (Å²) in [7, 11) is -2.95. The van der Waals surface area contributed by atoms with Gasteiger partial charge in [0.15, 0.2) is 0 Å². The maximum absolute atomic E-state index is 11.6. The molecule has 0 unspecified atom stereocenters. The van der Waals surface area contributed by atoms with Gasteiger partial charge in [-0.15, -0.1) is 0 Å². The van der Waals surface area contributed by atoms with Crippen LogP contribution in [0.1, 0.15) is 30.4 Å². The van der Waals surface area contributed by atoms with Crippen molar-refractivity contribution in [1.29, 1.82) is 0 Å². The molecule has 1 rings (SSSR count). The first-order valence-electron chi connectivity index (χ1n) is 6.12. The summed E-state index contributed by atoms with van der Waals surface area (Å²) in [6, 6.07) is 8.01. The summed E-state index contributed by atoms with van der Waals surface area (Å²) in [6.45, 7) is 2.03. The second-order valence-electron chi connectivity index (χ2n) is 4.70. The van der Waals surface area contributed by atoms with Crippen molar-refractivity contribution in [2.75, 3.05) is 12.0 Å². The quantitative estimate of drug-likeness (QED) is 0.762. The Morgan fingerprint density at radius 3 is 2.44 bits per heavy atom. The van der Waals surface area contributed by atoms with Gasteiger partial charge in [-0.05, 0) is 30.9 Å². The summed E-state index contributed by atoms with van der Waals surface area (Å²) in [5, 5.41) is 0. The minimum atomic E-state index is -2.95. The number of aryl methyl sites for hydroxylation is 2. The lowest BCUT2D eigenvalue weighted by Gasteiger charge is -2.04. The van der Waals surface area contributed by atoms with Crippen molar-refractivity contribution in [3.05, 3.63) is 35.4 Å². The molecular weight excluding hydrogens is 248 g/mol. The molecule has 0 fully saturated rings. The van der Waals surface area contributed by atoms with Crippen molar-refractivity contribution >= 4 is 15.6 Å². The van der Waals surface area contributed by atoms with Gasteiger partial charge in [0.25, 0.3) is 0 Å². The lowest BCUT2D eigenvalue weighted by molar-refractivity contribution is -0.119. The second kappa shape index (κ2) is 6.69. The van der Waals surface area contributed by atoms with Gasteiger partial charge in [-0.3, -0.25) is 4.79 Å². The van der Waals surface area contributed by atoms with Crippen LogP contribution in [0.2, 0.25) is 0 Å². The average Bonchev–Trinajstić information content (AvgIpc) is 2.26. The first kappa shape index (κ1) is 14.9. The minimum Gasteiger partial charge on any atom is -0.300 e. The van der Waals surface area contributed by atoms with Crippen LogP contribution in [0.5, 0.6) is 0 Å². The number of carbonyl (C=O) groups is 1. The molecule has 0 amide bonds. The molecule has 4 heteroatoms. The van der Waals surface area contributed by atoms with Gasteiger partial charge in [0.2, 0.25) is 0 Å². The number of hydrogen-bond acceptors (Lipinski definition) is 3. The Labute approximate surface area is 109 Å². The number of benzene rings is 1. The normalized spacial score (nSPS) is 11.4. The first-order chi connectivity index (χ1) is 8.38. The zero-order valence-corrected chi connectivity index (χ0v) is 11.8. The van der Waals surface area contributed by atoms with Crippen LogP contribution in [0.4, 0.5) is 0 Å². The SMILES string of the molecule is Cc1ccccc1CCC(=O)CCCS(C)(=O)=O. The van der Waals surface area contributed by atoms with E-state index in [2.05, 4.69) is 0 Å². The van der Waals surface area contributed by atoms with Crippen LogP contribution < -0.4 is 0 Å². The molecule has 0 saturated heterocycles. The number of rotatable bonds is 7. The summed E-state index contributed by atoms with van der Waals surface area (Å²) in [5.74, 6) is 0.241. The average molecular weight is 268 g/mol. The number of hydrogen-bond donors (Lipinski definition) is 0. The third-order valence-electron chi connectivity index (χ3n) is 2.91. The fourth-order valence-corrected chi connectivity index (χ4v) is 2.49. The van der Waals surface area contributed by atoms with E-state index in [1.807, 2.05) is 31.2 Å². The topological polar surface area (TPSA) is 51.2 Å². The standard InChI is InChI=1S/C14H20O3S/c1-12-6-3-4-7-13(12)9-10-14(15)8-5-11-18(2,16)17/h3-4,6-7H,5,8-11H2,1-2H3. The Morgan fingerprint density at radius 1 is 1.17 bits per heavy atom. The van der Waals surface area contributed by atoms with Gasteiger partial charge >= 0.3 is 0 Å². The van der Waals surface area contributed by atoms with E-state index in [4.69, 9.17) is 0 Å². The van der Waals surface area contributed by atoms with Crippen molar-refractivity contribution in [3.63, 3.8) is 0 Å². The van der Waals surface area contributed by atoms with Crippen molar-refractivity contribution in [3.8, 4) is 0 Å². The molecule has 0 aliphatic carbocycles. The third kappa shape index (κ3) is 5.96. The highest BCUT2D eigenvalue weighted by molar-refractivity contribution is 7.90. The predicted molar refractivity (Wildman–Crippen MR) is 73.5 cm³/mol. The molecule has 3 nitrogen and oxygen atoms in total. The number of ketones is 1. The van der Waals surface area contributed by atoms with Crippen LogP contribution in [0.15, 0.2) is 24.3 Å². The van der Waals surface area contributed by atoms with Crippen LogP contribution in [0.25, 0.3) is 0 Å². The molecular formula is C14H20O3S. The highest BCUT2D eigenvalue weighted by Gasteiger charge is 2.07. The molecule has 0 radical (unpaired) electrons. The summed E-state index contributed by atoms with van der Waals surface area (Å²) in [4.78, 5) is 11.6. The van der Waals surface area contributed by atoms with Crippen LogP contribution in [0.3, 0.4) is 0 Å². The minimum absolute atomic E-state index is 0.100. The third-order valence-corrected chi connectivity index (χ3v) is 3.94. The molecule has 0 saturated carbocycles. The maximum atomic E-state index is 11.6. The molecule has 0 aliphatic rings. The summed E-state index contributed by atoms with van der Waals surface area (Å²) < 4.78 is 21.9. The lowest BCUT2D eigenvalue weighted by Crippen LogP contribution is -2.07. The van der Waals surface area contributed by atoms with Gasteiger partial charge in [0, 0.05) is 19.1 Å². The van der Waals surface area contributed by atoms with Gasteiger partial charge in [0.05, 0.1) is 5.75 Å². The fourth-order valence-electron chi connectivity index (χ4n) is 1.82. The van der Waals surface area contributed by atoms with Crippen molar-refractivity contribution in [1.82, 2.24) is 0 Å². The number of sulfone groups is 1. The highest BCUT2D eigenvalue weighted by Crippen LogP contribution is 2.10. The summed E-state index contributed by atoms with van der Waals surface area (Å²) in [6.07, 6.45) is 3.23. The van der Waals surface area contributed by atoms with E-state index in [0.717, 1.165) is 6.42 Å². The van der Waals surface area contributed by atoms with E-state index in [1.54, 1.807) is 0 Å². The zero-order chi connectivity index (χ0) is 13.6. The van der Waals surface area contributed by atoms with E-state index >= 15 is 0 Å². The molecule has 0 atom stereocenters. The van der Waals surface area contributed by atoms with E-state index < -0.39 is 9.84 Å². The van der Waals surface area contributed by atoms with Gasteiger partial charge in [0.1, 0.15) is 15.6 Å². The molecule has 0 bridgehead atoms. The second-order valence-corrected chi connectivity index (χ2v) is 6.96. The Bertz CT molecular complexity index is 504.